The van der Waals surface area contributed by atoms with Crippen LogP contribution in [0.5, 0.6) is 11.8 Å². The third-order valence-corrected chi connectivity index (χ3v) is 11.6. The van der Waals surface area contributed by atoms with E-state index < -0.39 is 11.4 Å². The van der Waals surface area contributed by atoms with Crippen LogP contribution in [0, 0.1) is 0 Å². The van der Waals surface area contributed by atoms with Crippen molar-refractivity contribution in [3.63, 3.8) is 0 Å². The maximum Gasteiger partial charge on any atom is 0.326 e. The quantitative estimate of drug-likeness (QED) is 0.0938. The van der Waals surface area contributed by atoms with Gasteiger partial charge in [-0.1, -0.05) is 35.3 Å². The summed E-state index contributed by atoms with van der Waals surface area (Å²) in [6, 6.07) is 18.7. The van der Waals surface area contributed by atoms with Crippen LogP contribution in [0.2, 0.25) is 10.0 Å². The summed E-state index contributed by atoms with van der Waals surface area (Å²) in [4.78, 5) is 54.3. The van der Waals surface area contributed by atoms with Gasteiger partial charge >= 0.3 is 11.4 Å². The average molecular weight is 950 g/mol. The monoisotopic (exact) mass is 948 g/mol. The molecular weight excluding hydrogens is 903 g/mol. The summed E-state index contributed by atoms with van der Waals surface area (Å²) in [6.45, 7) is 4.42. The smallest absolute Gasteiger partial charge is 0.326 e. The molecule has 0 spiro atoms. The van der Waals surface area contributed by atoms with Crippen LogP contribution in [0.4, 0.5) is 23.0 Å². The molecule has 2 aliphatic rings. The summed E-state index contributed by atoms with van der Waals surface area (Å²) in [5, 5.41) is 50.4. The van der Waals surface area contributed by atoms with Crippen LogP contribution in [0.3, 0.4) is 0 Å². The second-order valence-corrected chi connectivity index (χ2v) is 16.8. The lowest BCUT2D eigenvalue weighted by atomic mass is 10.1. The van der Waals surface area contributed by atoms with Crippen LogP contribution in [0.15, 0.2) is 92.6 Å². The lowest BCUT2D eigenvalue weighted by molar-refractivity contribution is 0.164. The van der Waals surface area contributed by atoms with Gasteiger partial charge < -0.3 is 46.1 Å². The molecule has 8 heterocycles. The van der Waals surface area contributed by atoms with E-state index in [1.165, 1.54) is 0 Å². The van der Waals surface area contributed by atoms with Gasteiger partial charge in [-0.3, -0.25) is 20.0 Å². The maximum atomic E-state index is 11.5. The molecule has 6 aromatic heterocycles. The Labute approximate surface area is 389 Å². The van der Waals surface area contributed by atoms with Gasteiger partial charge in [0.2, 0.25) is 11.8 Å². The van der Waals surface area contributed by atoms with Gasteiger partial charge in [-0.05, 0) is 87.3 Å². The molecule has 2 aliphatic heterocycles. The van der Waals surface area contributed by atoms with Crippen molar-refractivity contribution in [2.45, 2.75) is 37.8 Å². The second kappa shape index (κ2) is 20.1. The van der Waals surface area contributed by atoms with Crippen LogP contribution in [0.25, 0.3) is 23.4 Å². The van der Waals surface area contributed by atoms with Crippen molar-refractivity contribution in [3.05, 3.63) is 137 Å². The van der Waals surface area contributed by atoms with E-state index in [0.717, 1.165) is 63.2 Å². The number of aliphatic hydroxyl groups excluding tert-OH is 1. The van der Waals surface area contributed by atoms with Crippen molar-refractivity contribution < 1.29 is 15.3 Å². The van der Waals surface area contributed by atoms with Crippen molar-refractivity contribution in [1.29, 1.82) is 0 Å². The molecule has 8 aromatic rings. The van der Waals surface area contributed by atoms with Gasteiger partial charge in [-0.15, -0.1) is 0 Å². The minimum Gasteiger partial charge on any atom is -0.493 e. The Morgan fingerprint density at radius 3 is 1.60 bits per heavy atom. The van der Waals surface area contributed by atoms with Gasteiger partial charge in [0.15, 0.2) is 22.3 Å². The molecule has 10 N–H and O–H groups in total. The first kappa shape index (κ1) is 44.9. The molecule has 0 unspecified atom stereocenters. The zero-order chi connectivity index (χ0) is 46.4. The number of rotatable bonds is 10. The largest absolute Gasteiger partial charge is 0.493 e. The van der Waals surface area contributed by atoms with E-state index in [2.05, 4.69) is 51.0 Å². The molecule has 0 bridgehead atoms. The SMILES string of the molecule is O=c1[nH]c(O)c(C=c2cnn3c(=NC4CCN(CCO)CC4)cc(Nc4cccc(Cl)c4)nc23)[nH]1.O=c1[nH]c(O)c(C=c2cnn3c(=NC4CCNCC4)cc(Nc4cccc(Cl)c4)nc23)[nH]1. The molecule has 0 radical (unpaired) electrons. The average Bonchev–Trinajstić information content (AvgIpc) is 4.07. The summed E-state index contributed by atoms with van der Waals surface area (Å²) in [6.07, 6.45) is 10.1. The number of imidazole rings is 2. The van der Waals surface area contributed by atoms with E-state index in [4.69, 9.17) is 43.2 Å². The number of halogens is 2. The van der Waals surface area contributed by atoms with Crippen molar-refractivity contribution >= 4 is 69.7 Å². The van der Waals surface area contributed by atoms with Crippen LogP contribution < -0.4 is 48.7 Å². The van der Waals surface area contributed by atoms with E-state index >= 15 is 0 Å². The highest BCUT2D eigenvalue weighted by Crippen LogP contribution is 2.21. The Balaban J connectivity index is 0.000000169. The molecule has 23 heteroatoms. The summed E-state index contributed by atoms with van der Waals surface area (Å²) in [5.74, 6) is 0.622. The number of hydrogen-bond acceptors (Lipinski definition) is 15. The molecule has 0 saturated carbocycles. The Hall–Kier alpha value is -7.30. The Morgan fingerprint density at radius 2 is 1.16 bits per heavy atom. The number of likely N-dealkylation sites (tertiary alicyclic amines) is 1. The number of aromatic nitrogens is 10. The summed E-state index contributed by atoms with van der Waals surface area (Å²) in [5.41, 5.74) is 3.37. The lowest BCUT2D eigenvalue weighted by Crippen LogP contribution is -2.38. The lowest BCUT2D eigenvalue weighted by Gasteiger charge is -2.29. The standard InChI is InChI=1S/C23H25ClN8O3.C21H21ClN8O2/c24-15-2-1-3-17(11-15)26-19-12-20(27-16-4-6-31(7-5-16)8-9-33)32-21(29-19)14(13-25-32)10-18-22(34)30-23(35)28-18;22-13-2-1-3-15(9-13)25-17-10-18(26-14-4-6-23-7-5-14)30-19(28-17)12(11-24-30)8-16-20(31)29-21(32)27-16/h1-3,10-13,16,26,33-34H,4-9H2,(H2,28,30,35);1-3,8-11,14,23,25,31H,4-7H2,(H2,27,29,32). The van der Waals surface area contributed by atoms with Gasteiger partial charge in [-0.25, -0.2) is 19.6 Å². The minimum absolute atomic E-state index is 0.108. The van der Waals surface area contributed by atoms with Crippen LogP contribution in [-0.4, -0.2) is 121 Å². The summed E-state index contributed by atoms with van der Waals surface area (Å²) in [7, 11) is 0. The molecule has 10 rings (SSSR count). The van der Waals surface area contributed by atoms with E-state index in [9.17, 15) is 24.9 Å². The van der Waals surface area contributed by atoms with Crippen molar-refractivity contribution in [3.8, 4) is 11.8 Å². The third kappa shape index (κ3) is 10.9. The van der Waals surface area contributed by atoms with Gasteiger partial charge in [-0.2, -0.15) is 19.2 Å². The Kier molecular flexibility index (Phi) is 13.4. The highest BCUT2D eigenvalue weighted by atomic mass is 35.5. The molecule has 346 valence electrons. The fourth-order valence-corrected chi connectivity index (χ4v) is 8.27. The van der Waals surface area contributed by atoms with Gasteiger partial charge in [0.1, 0.15) is 23.0 Å². The van der Waals surface area contributed by atoms with Crippen LogP contribution >= 0.6 is 23.2 Å². The second-order valence-electron chi connectivity index (χ2n) is 15.9. The fourth-order valence-electron chi connectivity index (χ4n) is 7.89. The van der Waals surface area contributed by atoms with E-state index in [1.807, 2.05) is 42.5 Å². The minimum atomic E-state index is -0.510. The van der Waals surface area contributed by atoms with Crippen molar-refractivity contribution in [1.82, 2.24) is 59.3 Å². The molecule has 21 nitrogen and oxygen atoms in total. The number of hydrogen-bond donors (Lipinski definition) is 10. The molecule has 67 heavy (non-hydrogen) atoms. The molecule has 0 atom stereocenters. The predicted molar refractivity (Wildman–Crippen MR) is 253 cm³/mol. The van der Waals surface area contributed by atoms with Crippen molar-refractivity contribution in [2.24, 2.45) is 9.98 Å². The summed E-state index contributed by atoms with van der Waals surface area (Å²) >= 11 is 12.3. The highest BCUT2D eigenvalue weighted by molar-refractivity contribution is 6.31. The van der Waals surface area contributed by atoms with Crippen LogP contribution in [-0.2, 0) is 0 Å². The molecule has 0 amide bonds. The Bertz CT molecular complexity index is 3420. The number of nitrogens with zero attached hydrogens (tertiary/aromatic N) is 9. The normalized spacial score (nSPS) is 16.3. The zero-order valence-corrected chi connectivity index (χ0v) is 37.3. The highest BCUT2D eigenvalue weighted by Gasteiger charge is 2.19. The molecule has 2 aromatic carbocycles. The molecule has 0 aliphatic carbocycles. The molecule has 2 fully saturated rings. The maximum absolute atomic E-state index is 11.5. The number of anilines is 4. The predicted octanol–water partition coefficient (Wildman–Crippen LogP) is 1.80. The first-order chi connectivity index (χ1) is 32.5. The number of aromatic hydroxyl groups is 2. The first-order valence-corrected chi connectivity index (χ1v) is 22.3. The van der Waals surface area contributed by atoms with E-state index in [1.54, 1.807) is 51.8 Å². The molecular formula is C44H46Cl2N16O5. The number of piperidine rings is 2. The fraction of sp³-hybridized carbons (Fsp3) is 0.273. The third-order valence-electron chi connectivity index (χ3n) is 11.1. The topological polar surface area (TPSA) is 282 Å². The Morgan fingerprint density at radius 1 is 0.687 bits per heavy atom. The first-order valence-electron chi connectivity index (χ1n) is 21.5. The number of aliphatic hydroxyl groups is 1. The van der Waals surface area contributed by atoms with Crippen LogP contribution in [0.1, 0.15) is 37.1 Å². The number of benzene rings is 2. The zero-order valence-electron chi connectivity index (χ0n) is 35.7. The van der Waals surface area contributed by atoms with Gasteiger partial charge in [0, 0.05) is 63.6 Å². The number of H-pyrrole nitrogens is 4. The number of nitrogens with one attached hydrogen (secondary N) is 7. The van der Waals surface area contributed by atoms with Gasteiger partial charge in [0.25, 0.3) is 0 Å². The van der Waals surface area contributed by atoms with Gasteiger partial charge in [0.05, 0.1) is 31.1 Å². The molecule has 2 saturated heterocycles. The van der Waals surface area contributed by atoms with Crippen molar-refractivity contribution in [2.75, 3.05) is 50.0 Å². The number of fused-ring (bicyclic) bond motifs is 2. The number of β-amino-alcohol motifs (C(OH)–C–C–N with tert-alkyl or cyclic N) is 1. The van der Waals surface area contributed by atoms with E-state index in [0.29, 0.717) is 60.9 Å². The summed E-state index contributed by atoms with van der Waals surface area (Å²) < 4.78 is 3.32. The number of aromatic amines is 4. The van der Waals surface area contributed by atoms with E-state index in [-0.39, 0.29) is 41.8 Å².